The van der Waals surface area contributed by atoms with Crippen LogP contribution in [-0.2, 0) is 4.74 Å². The zero-order valence-corrected chi connectivity index (χ0v) is 13.2. The van der Waals surface area contributed by atoms with Crippen molar-refractivity contribution in [3.8, 4) is 0 Å². The minimum atomic E-state index is 0. The van der Waals surface area contributed by atoms with Crippen LogP contribution in [0.3, 0.4) is 0 Å². The van der Waals surface area contributed by atoms with Gasteiger partial charge in [0.25, 0.3) is 0 Å². The third-order valence-corrected chi connectivity index (χ3v) is 3.09. The van der Waals surface area contributed by atoms with Crippen LogP contribution in [0.5, 0.6) is 0 Å². The van der Waals surface area contributed by atoms with E-state index in [0.717, 1.165) is 23.2 Å². The first-order valence-electron chi connectivity index (χ1n) is 5.19. The molecule has 0 unspecified atom stereocenters. The number of nitrogens with zero attached hydrogens (tertiary/aromatic N) is 2. The van der Waals surface area contributed by atoms with Crippen LogP contribution < -0.4 is 5.73 Å². The normalized spacial score (nSPS) is 16.5. The SMILES string of the molecule is I.NC(=Nc1ccccc1Br)N1CCOCC1. The lowest BCUT2D eigenvalue weighted by molar-refractivity contribution is 0.0675. The van der Waals surface area contributed by atoms with Crippen molar-refractivity contribution >= 4 is 51.6 Å². The van der Waals surface area contributed by atoms with Gasteiger partial charge in [0.2, 0.25) is 0 Å². The van der Waals surface area contributed by atoms with Crippen molar-refractivity contribution in [2.75, 3.05) is 26.3 Å². The number of halogens is 2. The highest BCUT2D eigenvalue weighted by Gasteiger charge is 2.12. The van der Waals surface area contributed by atoms with Gasteiger partial charge in [0.1, 0.15) is 0 Å². The first-order valence-corrected chi connectivity index (χ1v) is 5.98. The van der Waals surface area contributed by atoms with Crippen molar-refractivity contribution in [3.05, 3.63) is 28.7 Å². The zero-order valence-electron chi connectivity index (χ0n) is 9.30. The third kappa shape index (κ3) is 4.11. The van der Waals surface area contributed by atoms with E-state index in [4.69, 9.17) is 10.5 Å². The highest BCUT2D eigenvalue weighted by atomic mass is 127. The Morgan fingerprint density at radius 3 is 2.59 bits per heavy atom. The Hall–Kier alpha value is -0.340. The van der Waals surface area contributed by atoms with E-state index in [9.17, 15) is 0 Å². The van der Waals surface area contributed by atoms with E-state index in [1.54, 1.807) is 0 Å². The summed E-state index contributed by atoms with van der Waals surface area (Å²) >= 11 is 3.44. The largest absolute Gasteiger partial charge is 0.378 e. The smallest absolute Gasteiger partial charge is 0.196 e. The fourth-order valence-corrected chi connectivity index (χ4v) is 1.90. The predicted octanol–water partition coefficient (Wildman–Crippen LogP) is 2.35. The maximum absolute atomic E-state index is 5.95. The highest BCUT2D eigenvalue weighted by molar-refractivity contribution is 14.0. The number of morpholine rings is 1. The van der Waals surface area contributed by atoms with Crippen molar-refractivity contribution in [1.29, 1.82) is 0 Å². The molecule has 1 aromatic carbocycles. The average Bonchev–Trinajstić information content (AvgIpc) is 2.33. The van der Waals surface area contributed by atoms with Crippen molar-refractivity contribution < 1.29 is 4.74 Å². The number of guanidine groups is 1. The van der Waals surface area contributed by atoms with Crippen LogP contribution in [0.1, 0.15) is 0 Å². The molecule has 94 valence electrons. The zero-order chi connectivity index (χ0) is 11.4. The van der Waals surface area contributed by atoms with Gasteiger partial charge in [0.05, 0.1) is 18.9 Å². The van der Waals surface area contributed by atoms with Crippen LogP contribution in [0.25, 0.3) is 0 Å². The molecule has 0 bridgehead atoms. The van der Waals surface area contributed by atoms with Gasteiger partial charge < -0.3 is 15.4 Å². The molecule has 1 aliphatic rings. The lowest BCUT2D eigenvalue weighted by atomic mass is 10.3. The monoisotopic (exact) mass is 411 g/mol. The second-order valence-corrected chi connectivity index (χ2v) is 4.38. The molecule has 1 fully saturated rings. The number of rotatable bonds is 1. The molecule has 1 aliphatic heterocycles. The molecule has 0 atom stereocenters. The summed E-state index contributed by atoms with van der Waals surface area (Å²) < 4.78 is 6.21. The second-order valence-electron chi connectivity index (χ2n) is 3.52. The molecule has 6 heteroatoms. The number of ether oxygens (including phenoxy) is 1. The minimum absolute atomic E-state index is 0. The van der Waals surface area contributed by atoms with E-state index in [1.165, 1.54) is 0 Å². The fourth-order valence-electron chi connectivity index (χ4n) is 1.53. The van der Waals surface area contributed by atoms with Gasteiger partial charge >= 0.3 is 0 Å². The van der Waals surface area contributed by atoms with Gasteiger partial charge in [-0.15, -0.1) is 24.0 Å². The Bertz CT molecular complexity index is 394. The Kier molecular flexibility index (Phi) is 6.21. The topological polar surface area (TPSA) is 50.8 Å². The van der Waals surface area contributed by atoms with Gasteiger partial charge in [-0.3, -0.25) is 0 Å². The second kappa shape index (κ2) is 7.17. The number of hydrogen-bond donors (Lipinski definition) is 1. The predicted molar refractivity (Wildman–Crippen MR) is 83.2 cm³/mol. The third-order valence-electron chi connectivity index (χ3n) is 2.42. The van der Waals surface area contributed by atoms with Crippen molar-refractivity contribution in [2.24, 2.45) is 10.7 Å². The Balaban J connectivity index is 0.00000144. The quantitative estimate of drug-likeness (QED) is 0.438. The lowest BCUT2D eigenvalue weighted by Crippen LogP contribution is -2.44. The molecule has 0 radical (unpaired) electrons. The molecule has 2 N–H and O–H groups in total. The Morgan fingerprint density at radius 2 is 1.94 bits per heavy atom. The molecule has 1 heterocycles. The summed E-state index contributed by atoms with van der Waals surface area (Å²) in [5.74, 6) is 0.551. The van der Waals surface area contributed by atoms with Gasteiger partial charge in [0.15, 0.2) is 5.96 Å². The molecular weight excluding hydrogens is 397 g/mol. The van der Waals surface area contributed by atoms with Crippen molar-refractivity contribution in [3.63, 3.8) is 0 Å². The molecular formula is C11H15BrIN3O. The van der Waals surface area contributed by atoms with Crippen molar-refractivity contribution in [2.45, 2.75) is 0 Å². The van der Waals surface area contributed by atoms with Crippen LogP contribution in [0.2, 0.25) is 0 Å². The molecule has 0 saturated carbocycles. The van der Waals surface area contributed by atoms with Crippen LogP contribution >= 0.6 is 39.9 Å². The highest BCUT2D eigenvalue weighted by Crippen LogP contribution is 2.24. The van der Waals surface area contributed by atoms with E-state index in [2.05, 4.69) is 20.9 Å². The molecule has 1 aromatic rings. The van der Waals surface area contributed by atoms with Crippen molar-refractivity contribution in [1.82, 2.24) is 4.90 Å². The molecule has 17 heavy (non-hydrogen) atoms. The van der Waals surface area contributed by atoms with Gasteiger partial charge in [-0.25, -0.2) is 4.99 Å². The molecule has 0 aromatic heterocycles. The molecule has 0 amide bonds. The summed E-state index contributed by atoms with van der Waals surface area (Å²) in [5.41, 5.74) is 6.80. The van der Waals surface area contributed by atoms with E-state index in [0.29, 0.717) is 19.2 Å². The number of aliphatic imine (C=N–C) groups is 1. The molecule has 1 saturated heterocycles. The summed E-state index contributed by atoms with van der Waals surface area (Å²) in [6.07, 6.45) is 0. The minimum Gasteiger partial charge on any atom is -0.378 e. The van der Waals surface area contributed by atoms with Crippen LogP contribution in [0.4, 0.5) is 5.69 Å². The van der Waals surface area contributed by atoms with E-state index in [-0.39, 0.29) is 24.0 Å². The molecule has 4 nitrogen and oxygen atoms in total. The van der Waals surface area contributed by atoms with Gasteiger partial charge in [0, 0.05) is 17.6 Å². The molecule has 0 spiro atoms. The molecule has 2 rings (SSSR count). The summed E-state index contributed by atoms with van der Waals surface area (Å²) in [5, 5.41) is 0. The first kappa shape index (κ1) is 14.7. The fraction of sp³-hybridized carbons (Fsp3) is 0.364. The average molecular weight is 412 g/mol. The van der Waals surface area contributed by atoms with E-state index < -0.39 is 0 Å². The first-order chi connectivity index (χ1) is 7.77. The number of hydrogen-bond acceptors (Lipinski definition) is 2. The number of para-hydroxylation sites is 1. The Morgan fingerprint density at radius 1 is 1.29 bits per heavy atom. The maximum atomic E-state index is 5.95. The summed E-state index contributed by atoms with van der Waals surface area (Å²) in [6.45, 7) is 3.04. The standard InChI is InChI=1S/C11H14BrN3O.HI/c12-9-3-1-2-4-10(9)14-11(13)15-5-7-16-8-6-15;/h1-4H,5-8H2,(H2,13,14);1H. The molecule has 0 aliphatic carbocycles. The number of benzene rings is 1. The van der Waals surface area contributed by atoms with Gasteiger partial charge in [-0.2, -0.15) is 0 Å². The van der Waals surface area contributed by atoms with Gasteiger partial charge in [-0.1, -0.05) is 12.1 Å². The van der Waals surface area contributed by atoms with Gasteiger partial charge in [-0.05, 0) is 28.1 Å². The van der Waals surface area contributed by atoms with Crippen LogP contribution in [-0.4, -0.2) is 37.2 Å². The Labute approximate surface area is 126 Å². The van der Waals surface area contributed by atoms with Crippen LogP contribution in [0.15, 0.2) is 33.7 Å². The number of nitrogens with two attached hydrogens (primary N) is 1. The summed E-state index contributed by atoms with van der Waals surface area (Å²) in [7, 11) is 0. The summed E-state index contributed by atoms with van der Waals surface area (Å²) in [4.78, 5) is 6.43. The van der Waals surface area contributed by atoms with E-state index in [1.807, 2.05) is 29.2 Å². The maximum Gasteiger partial charge on any atom is 0.196 e. The van der Waals surface area contributed by atoms with Crippen LogP contribution in [0, 0.1) is 0 Å². The lowest BCUT2D eigenvalue weighted by Gasteiger charge is -2.27. The van der Waals surface area contributed by atoms with E-state index >= 15 is 0 Å². The summed E-state index contributed by atoms with van der Waals surface area (Å²) in [6, 6.07) is 7.77.